The predicted octanol–water partition coefficient (Wildman–Crippen LogP) is 5.10. The molecular weight excluding hydrogens is 350 g/mol. The molecule has 1 amide bonds. The SMILES string of the molecule is CC(Oc1ccccc1)C(=O)Nc1ccc(OCCCc2ccccc2)cc1. The molecule has 0 aromatic heterocycles. The van der Waals surface area contributed by atoms with Crippen LogP contribution in [-0.4, -0.2) is 18.6 Å². The van der Waals surface area contributed by atoms with Crippen LogP contribution in [0.15, 0.2) is 84.9 Å². The van der Waals surface area contributed by atoms with Crippen LogP contribution in [0.5, 0.6) is 11.5 Å². The predicted molar refractivity (Wildman–Crippen MR) is 112 cm³/mol. The van der Waals surface area contributed by atoms with Gasteiger partial charge in [0.05, 0.1) is 6.61 Å². The van der Waals surface area contributed by atoms with E-state index in [2.05, 4.69) is 29.6 Å². The Labute approximate surface area is 166 Å². The van der Waals surface area contributed by atoms with Gasteiger partial charge in [-0.05, 0) is 61.7 Å². The lowest BCUT2D eigenvalue weighted by atomic mass is 10.1. The number of benzene rings is 3. The summed E-state index contributed by atoms with van der Waals surface area (Å²) >= 11 is 0. The number of aryl methyl sites for hydroxylation is 1. The second kappa shape index (κ2) is 10.2. The molecule has 1 N–H and O–H groups in total. The Hall–Kier alpha value is -3.27. The molecule has 144 valence electrons. The Morgan fingerprint density at radius 1 is 0.857 bits per heavy atom. The molecule has 28 heavy (non-hydrogen) atoms. The Morgan fingerprint density at radius 3 is 2.18 bits per heavy atom. The summed E-state index contributed by atoms with van der Waals surface area (Å²) in [5.41, 5.74) is 2.03. The molecule has 1 atom stereocenters. The van der Waals surface area contributed by atoms with Crippen molar-refractivity contribution < 1.29 is 14.3 Å². The van der Waals surface area contributed by atoms with Gasteiger partial charge in [-0.25, -0.2) is 0 Å². The van der Waals surface area contributed by atoms with Crippen LogP contribution in [0.3, 0.4) is 0 Å². The van der Waals surface area contributed by atoms with E-state index in [9.17, 15) is 4.79 Å². The third-order valence-corrected chi connectivity index (χ3v) is 4.27. The molecule has 0 bridgehead atoms. The molecule has 1 unspecified atom stereocenters. The van der Waals surface area contributed by atoms with E-state index in [4.69, 9.17) is 9.47 Å². The van der Waals surface area contributed by atoms with Gasteiger partial charge in [-0.2, -0.15) is 0 Å². The van der Waals surface area contributed by atoms with Gasteiger partial charge < -0.3 is 14.8 Å². The Balaban J connectivity index is 1.41. The lowest BCUT2D eigenvalue weighted by Gasteiger charge is -2.15. The fourth-order valence-corrected chi connectivity index (χ4v) is 2.75. The van der Waals surface area contributed by atoms with Crippen LogP contribution in [0.1, 0.15) is 18.9 Å². The molecule has 3 aromatic rings. The maximum atomic E-state index is 12.3. The van der Waals surface area contributed by atoms with Crippen LogP contribution in [0, 0.1) is 0 Å². The number of para-hydroxylation sites is 1. The van der Waals surface area contributed by atoms with Gasteiger partial charge in [0, 0.05) is 5.69 Å². The molecule has 3 aromatic carbocycles. The summed E-state index contributed by atoms with van der Waals surface area (Å²) in [6.07, 6.45) is 1.36. The first-order chi connectivity index (χ1) is 13.7. The van der Waals surface area contributed by atoms with E-state index in [1.807, 2.05) is 60.7 Å². The maximum absolute atomic E-state index is 12.3. The first-order valence-electron chi connectivity index (χ1n) is 9.50. The first kappa shape index (κ1) is 19.5. The normalized spacial score (nSPS) is 11.5. The van der Waals surface area contributed by atoms with Crippen molar-refractivity contribution >= 4 is 11.6 Å². The van der Waals surface area contributed by atoms with E-state index in [1.54, 1.807) is 6.92 Å². The molecule has 4 heteroatoms. The van der Waals surface area contributed by atoms with Crippen molar-refractivity contribution in [1.82, 2.24) is 0 Å². The second-order valence-electron chi connectivity index (χ2n) is 6.52. The highest BCUT2D eigenvalue weighted by Gasteiger charge is 2.14. The van der Waals surface area contributed by atoms with Gasteiger partial charge in [0.2, 0.25) is 0 Å². The van der Waals surface area contributed by atoms with Crippen molar-refractivity contribution in [1.29, 1.82) is 0 Å². The minimum absolute atomic E-state index is 0.194. The van der Waals surface area contributed by atoms with Crippen LogP contribution in [0.4, 0.5) is 5.69 Å². The highest BCUT2D eigenvalue weighted by Crippen LogP contribution is 2.17. The number of rotatable bonds is 9. The summed E-state index contributed by atoms with van der Waals surface area (Å²) in [6.45, 7) is 2.38. The van der Waals surface area contributed by atoms with Crippen molar-refractivity contribution in [2.75, 3.05) is 11.9 Å². The molecule has 0 spiro atoms. The van der Waals surface area contributed by atoms with Gasteiger partial charge in [-0.3, -0.25) is 4.79 Å². The smallest absolute Gasteiger partial charge is 0.265 e. The number of anilines is 1. The van der Waals surface area contributed by atoms with Gasteiger partial charge in [-0.1, -0.05) is 48.5 Å². The fourth-order valence-electron chi connectivity index (χ4n) is 2.75. The van der Waals surface area contributed by atoms with E-state index >= 15 is 0 Å². The molecule has 0 aliphatic rings. The van der Waals surface area contributed by atoms with Crippen molar-refractivity contribution in [2.45, 2.75) is 25.9 Å². The molecule has 4 nitrogen and oxygen atoms in total. The zero-order chi connectivity index (χ0) is 19.6. The second-order valence-corrected chi connectivity index (χ2v) is 6.52. The summed E-state index contributed by atoms with van der Waals surface area (Å²) in [5.74, 6) is 1.27. The lowest BCUT2D eigenvalue weighted by molar-refractivity contribution is -0.122. The largest absolute Gasteiger partial charge is 0.494 e. The summed E-state index contributed by atoms with van der Waals surface area (Å²) < 4.78 is 11.4. The maximum Gasteiger partial charge on any atom is 0.265 e. The molecule has 0 aliphatic heterocycles. The van der Waals surface area contributed by atoms with Crippen molar-refractivity contribution in [3.05, 3.63) is 90.5 Å². The number of carbonyl (C=O) groups is 1. The molecule has 3 rings (SSSR count). The van der Waals surface area contributed by atoms with Crippen LogP contribution in [0.2, 0.25) is 0 Å². The molecular formula is C24H25NO3. The molecule has 0 saturated heterocycles. The third kappa shape index (κ3) is 6.16. The number of ether oxygens (including phenoxy) is 2. The average molecular weight is 375 g/mol. The van der Waals surface area contributed by atoms with Crippen molar-refractivity contribution in [2.24, 2.45) is 0 Å². The Bertz CT molecular complexity index is 848. The summed E-state index contributed by atoms with van der Waals surface area (Å²) in [5, 5.41) is 2.86. The molecule has 0 fully saturated rings. The van der Waals surface area contributed by atoms with E-state index < -0.39 is 6.10 Å². The van der Waals surface area contributed by atoms with Crippen LogP contribution >= 0.6 is 0 Å². The molecule has 0 radical (unpaired) electrons. The highest BCUT2D eigenvalue weighted by atomic mass is 16.5. The lowest BCUT2D eigenvalue weighted by Crippen LogP contribution is -2.30. The number of hydrogen-bond donors (Lipinski definition) is 1. The van der Waals surface area contributed by atoms with Crippen molar-refractivity contribution in [3.8, 4) is 11.5 Å². The number of nitrogens with one attached hydrogen (secondary N) is 1. The summed E-state index contributed by atoms with van der Waals surface area (Å²) in [7, 11) is 0. The first-order valence-corrected chi connectivity index (χ1v) is 9.50. The van der Waals surface area contributed by atoms with Gasteiger partial charge in [0.25, 0.3) is 5.91 Å². The number of hydrogen-bond acceptors (Lipinski definition) is 3. The monoisotopic (exact) mass is 375 g/mol. The minimum atomic E-state index is -0.587. The van der Waals surface area contributed by atoms with E-state index in [0.717, 1.165) is 18.6 Å². The van der Waals surface area contributed by atoms with E-state index in [1.165, 1.54) is 5.56 Å². The molecule has 0 heterocycles. The standard InChI is InChI=1S/C24H25NO3/c1-19(28-23-12-6-3-7-13-23)24(26)25-21-14-16-22(17-15-21)27-18-8-11-20-9-4-2-5-10-20/h2-7,9-10,12-17,19H,8,11,18H2,1H3,(H,25,26). The quantitative estimate of drug-likeness (QED) is 0.529. The average Bonchev–Trinajstić information content (AvgIpc) is 2.74. The minimum Gasteiger partial charge on any atom is -0.494 e. The Morgan fingerprint density at radius 2 is 1.50 bits per heavy atom. The van der Waals surface area contributed by atoms with Gasteiger partial charge >= 0.3 is 0 Å². The molecule has 0 aliphatic carbocycles. The summed E-state index contributed by atoms with van der Waals surface area (Å²) in [6, 6.07) is 27.1. The highest BCUT2D eigenvalue weighted by molar-refractivity contribution is 5.94. The van der Waals surface area contributed by atoms with Crippen molar-refractivity contribution in [3.63, 3.8) is 0 Å². The van der Waals surface area contributed by atoms with Gasteiger partial charge in [0.15, 0.2) is 6.10 Å². The van der Waals surface area contributed by atoms with Crippen LogP contribution in [-0.2, 0) is 11.2 Å². The number of carbonyl (C=O) groups excluding carboxylic acids is 1. The summed E-state index contributed by atoms with van der Waals surface area (Å²) in [4.78, 5) is 12.3. The zero-order valence-electron chi connectivity index (χ0n) is 16.0. The van der Waals surface area contributed by atoms with Gasteiger partial charge in [-0.15, -0.1) is 0 Å². The van der Waals surface area contributed by atoms with Gasteiger partial charge in [0.1, 0.15) is 11.5 Å². The zero-order valence-corrected chi connectivity index (χ0v) is 16.0. The Kier molecular flexibility index (Phi) is 7.08. The van der Waals surface area contributed by atoms with E-state index in [0.29, 0.717) is 18.0 Å². The van der Waals surface area contributed by atoms with Crippen LogP contribution < -0.4 is 14.8 Å². The number of amides is 1. The van der Waals surface area contributed by atoms with Crippen LogP contribution in [0.25, 0.3) is 0 Å². The molecule has 0 saturated carbocycles. The third-order valence-electron chi connectivity index (χ3n) is 4.27. The van der Waals surface area contributed by atoms with E-state index in [-0.39, 0.29) is 5.91 Å². The fraction of sp³-hybridized carbons (Fsp3) is 0.208. The topological polar surface area (TPSA) is 47.6 Å².